The van der Waals surface area contributed by atoms with E-state index in [0.717, 1.165) is 59.0 Å². The molecule has 8 heteroatoms. The molecule has 5 rings (SSSR count). The van der Waals surface area contributed by atoms with Gasteiger partial charge in [0.25, 0.3) is 0 Å². The summed E-state index contributed by atoms with van der Waals surface area (Å²) in [6, 6.07) is 20.1. The molecular weight excluding hydrogens is 434 g/mol. The van der Waals surface area contributed by atoms with E-state index < -0.39 is 0 Å². The number of para-hydroxylation sites is 1. The Morgan fingerprint density at radius 1 is 0.788 bits per heavy atom. The number of ether oxygens (including phenoxy) is 2. The topological polar surface area (TPSA) is 62.8 Å². The second kappa shape index (κ2) is 9.07. The molecule has 1 aromatic heterocycles. The third-order valence-corrected chi connectivity index (χ3v) is 6.24. The van der Waals surface area contributed by atoms with Crippen molar-refractivity contribution in [2.45, 2.75) is 0 Å². The Morgan fingerprint density at radius 3 is 2.03 bits per heavy atom. The van der Waals surface area contributed by atoms with Gasteiger partial charge in [0.1, 0.15) is 0 Å². The largest absolute Gasteiger partial charge is 0.493 e. The first-order valence-corrected chi connectivity index (χ1v) is 11.2. The number of nitrogens with one attached hydrogen (secondary N) is 1. The summed E-state index contributed by atoms with van der Waals surface area (Å²) in [5, 5.41) is 4.10. The van der Waals surface area contributed by atoms with Gasteiger partial charge in [-0.15, -0.1) is 0 Å². The minimum atomic E-state index is 0.628. The van der Waals surface area contributed by atoms with Crippen LogP contribution in [0.15, 0.2) is 60.7 Å². The number of piperazine rings is 1. The van der Waals surface area contributed by atoms with Gasteiger partial charge in [-0.25, -0.2) is 9.97 Å². The van der Waals surface area contributed by atoms with Crippen molar-refractivity contribution in [3.63, 3.8) is 0 Å². The predicted molar refractivity (Wildman–Crippen MR) is 137 cm³/mol. The van der Waals surface area contributed by atoms with Crippen LogP contribution in [0.2, 0.25) is 0 Å². The zero-order chi connectivity index (χ0) is 22.8. The molecule has 0 radical (unpaired) electrons. The summed E-state index contributed by atoms with van der Waals surface area (Å²) < 4.78 is 10.8. The highest BCUT2D eigenvalue weighted by atomic mass is 32.1. The summed E-state index contributed by atoms with van der Waals surface area (Å²) in [5.74, 6) is 1.26. The molecule has 0 unspecified atom stereocenters. The van der Waals surface area contributed by atoms with Crippen LogP contribution in [0.4, 0.5) is 11.4 Å². The first-order valence-electron chi connectivity index (χ1n) is 10.8. The second-order valence-electron chi connectivity index (χ2n) is 7.86. The lowest BCUT2D eigenvalue weighted by molar-refractivity contribution is 0.355. The summed E-state index contributed by atoms with van der Waals surface area (Å²) in [6.45, 7) is 3.62. The average molecular weight is 460 g/mol. The summed E-state index contributed by atoms with van der Waals surface area (Å²) in [5.41, 5.74) is 5.25. The Morgan fingerprint density at radius 2 is 1.39 bits per heavy atom. The molecule has 3 aromatic carbocycles. The molecule has 1 saturated heterocycles. The number of nitrogens with zero attached hydrogens (tertiary/aromatic N) is 4. The summed E-state index contributed by atoms with van der Waals surface area (Å²) in [4.78, 5) is 14.1. The first-order chi connectivity index (χ1) is 16.1. The van der Waals surface area contributed by atoms with Gasteiger partial charge in [0, 0.05) is 49.7 Å². The maximum Gasteiger partial charge on any atom is 0.173 e. The molecule has 33 heavy (non-hydrogen) atoms. The highest BCUT2D eigenvalue weighted by Gasteiger charge is 2.19. The lowest BCUT2D eigenvalue weighted by Gasteiger charge is -2.37. The van der Waals surface area contributed by atoms with E-state index in [-0.39, 0.29) is 0 Å². The molecule has 1 fully saturated rings. The van der Waals surface area contributed by atoms with E-state index in [2.05, 4.69) is 39.4 Å². The maximum atomic E-state index is 5.70. The van der Waals surface area contributed by atoms with Gasteiger partial charge in [0.15, 0.2) is 16.6 Å². The summed E-state index contributed by atoms with van der Waals surface area (Å²) in [7, 11) is 3.22. The third kappa shape index (κ3) is 4.34. The number of methoxy groups -OCH3 is 2. The van der Waals surface area contributed by atoms with Crippen LogP contribution in [0, 0.1) is 0 Å². The number of thiocarbonyl (C=S) groups is 1. The lowest BCUT2D eigenvalue weighted by atomic mass is 10.2. The monoisotopic (exact) mass is 459 g/mol. The molecule has 7 nitrogen and oxygen atoms in total. The molecule has 1 N–H and O–H groups in total. The van der Waals surface area contributed by atoms with E-state index >= 15 is 0 Å². The van der Waals surface area contributed by atoms with Crippen molar-refractivity contribution >= 4 is 50.8 Å². The molecule has 0 aliphatic carbocycles. The van der Waals surface area contributed by atoms with E-state index in [4.69, 9.17) is 31.7 Å². The van der Waals surface area contributed by atoms with Crippen molar-refractivity contribution < 1.29 is 9.47 Å². The van der Waals surface area contributed by atoms with Crippen LogP contribution in [0.5, 0.6) is 11.5 Å². The fourth-order valence-electron chi connectivity index (χ4n) is 4.09. The second-order valence-corrected chi connectivity index (χ2v) is 8.25. The van der Waals surface area contributed by atoms with Crippen LogP contribution in [0.25, 0.3) is 22.1 Å². The van der Waals surface area contributed by atoms with Gasteiger partial charge < -0.3 is 24.6 Å². The minimum Gasteiger partial charge on any atom is -0.493 e. The number of fused-ring (bicyclic) bond motifs is 2. The minimum absolute atomic E-state index is 0.628. The van der Waals surface area contributed by atoms with Crippen molar-refractivity contribution in [2.24, 2.45) is 0 Å². The van der Waals surface area contributed by atoms with Gasteiger partial charge >= 0.3 is 0 Å². The van der Waals surface area contributed by atoms with Gasteiger partial charge in [-0.3, -0.25) is 0 Å². The van der Waals surface area contributed by atoms with Crippen molar-refractivity contribution in [2.75, 3.05) is 50.6 Å². The molecule has 0 saturated carbocycles. The summed E-state index contributed by atoms with van der Waals surface area (Å²) in [6.07, 6.45) is 0. The third-order valence-electron chi connectivity index (χ3n) is 5.88. The number of benzene rings is 3. The molecule has 0 amide bonds. The Bertz CT molecular complexity index is 1310. The quantitative estimate of drug-likeness (QED) is 0.358. The number of aromatic nitrogens is 2. The van der Waals surface area contributed by atoms with Crippen LogP contribution in [0.1, 0.15) is 0 Å². The maximum absolute atomic E-state index is 5.70. The Labute approximate surface area is 197 Å². The van der Waals surface area contributed by atoms with E-state index in [9.17, 15) is 0 Å². The van der Waals surface area contributed by atoms with Gasteiger partial charge in [-0.05, 0) is 42.5 Å². The van der Waals surface area contributed by atoms with Crippen LogP contribution in [0.3, 0.4) is 0 Å². The van der Waals surface area contributed by atoms with Crippen LogP contribution < -0.4 is 19.7 Å². The van der Waals surface area contributed by atoms with Gasteiger partial charge in [0.05, 0.1) is 36.3 Å². The molecule has 0 spiro atoms. The van der Waals surface area contributed by atoms with Crippen LogP contribution >= 0.6 is 12.2 Å². The molecule has 1 aliphatic rings. The fraction of sp³-hybridized carbons (Fsp3) is 0.240. The number of rotatable bonds is 4. The van der Waals surface area contributed by atoms with Crippen molar-refractivity contribution in [3.05, 3.63) is 60.7 Å². The molecule has 0 atom stereocenters. The molecular formula is C25H25N5O2S. The van der Waals surface area contributed by atoms with Crippen LogP contribution in [-0.4, -0.2) is 60.4 Å². The Hall–Kier alpha value is -3.65. The Kier molecular flexibility index (Phi) is 5.83. The predicted octanol–water partition coefficient (Wildman–Crippen LogP) is 4.32. The normalized spacial score (nSPS) is 13.9. The molecule has 1 aliphatic heterocycles. The van der Waals surface area contributed by atoms with Crippen molar-refractivity contribution in [1.29, 1.82) is 0 Å². The highest BCUT2D eigenvalue weighted by molar-refractivity contribution is 7.80. The van der Waals surface area contributed by atoms with Gasteiger partial charge in [0.2, 0.25) is 0 Å². The van der Waals surface area contributed by atoms with E-state index in [0.29, 0.717) is 11.5 Å². The number of anilines is 2. The van der Waals surface area contributed by atoms with E-state index in [1.54, 1.807) is 14.2 Å². The van der Waals surface area contributed by atoms with Crippen molar-refractivity contribution in [3.8, 4) is 11.5 Å². The molecule has 0 bridgehead atoms. The number of hydrogen-bond donors (Lipinski definition) is 1. The standard InChI is InChI=1S/C25H25N5O2S/c1-31-23-15-21-22(16-24(23)32-2)28-20-14-17(8-9-19(20)27-21)26-25(33)30-12-10-29(11-13-30)18-6-4-3-5-7-18/h3-9,14-16H,10-13H2,1-2H3,(H,26,33). The Balaban J connectivity index is 1.31. The highest BCUT2D eigenvalue weighted by Crippen LogP contribution is 2.31. The molecule has 2 heterocycles. The molecule has 168 valence electrons. The van der Waals surface area contributed by atoms with E-state index in [1.807, 2.05) is 36.4 Å². The number of hydrogen-bond acceptors (Lipinski definition) is 6. The zero-order valence-corrected chi connectivity index (χ0v) is 19.4. The lowest BCUT2D eigenvalue weighted by Crippen LogP contribution is -2.50. The van der Waals surface area contributed by atoms with Gasteiger partial charge in [-0.2, -0.15) is 0 Å². The smallest absolute Gasteiger partial charge is 0.173 e. The first kappa shape index (κ1) is 21.2. The molecule has 4 aromatic rings. The van der Waals surface area contributed by atoms with Gasteiger partial charge in [-0.1, -0.05) is 18.2 Å². The zero-order valence-electron chi connectivity index (χ0n) is 18.6. The fourth-order valence-corrected chi connectivity index (χ4v) is 4.39. The van der Waals surface area contributed by atoms with E-state index in [1.165, 1.54) is 5.69 Å². The average Bonchev–Trinajstić information content (AvgIpc) is 2.87. The SMILES string of the molecule is COc1cc2nc3ccc(NC(=S)N4CCN(c5ccccc5)CC4)cc3nc2cc1OC. The van der Waals surface area contributed by atoms with Crippen LogP contribution in [-0.2, 0) is 0 Å². The van der Waals surface area contributed by atoms with Crippen molar-refractivity contribution in [1.82, 2.24) is 14.9 Å². The summed E-state index contributed by atoms with van der Waals surface area (Å²) >= 11 is 5.70.